The number of carbonyl (C=O) groups excluding carboxylic acids is 1. The zero-order chi connectivity index (χ0) is 12.2. The summed E-state index contributed by atoms with van der Waals surface area (Å²) in [5.41, 5.74) is 0. The molecule has 0 amide bonds. The Hall–Kier alpha value is -0.780. The highest BCUT2D eigenvalue weighted by atomic mass is 19.3. The van der Waals surface area contributed by atoms with Gasteiger partial charge in [-0.05, 0) is 18.8 Å². The van der Waals surface area contributed by atoms with Gasteiger partial charge in [0.15, 0.2) is 6.67 Å². The number of halogens is 3. The number of likely N-dealkylation sites (tertiary alicyclic amines) is 1. The smallest absolute Gasteiger partial charge is 0.332 e. The van der Waals surface area contributed by atoms with E-state index in [0.29, 0.717) is 12.8 Å². The lowest BCUT2D eigenvalue weighted by Crippen LogP contribution is -2.48. The minimum Gasteiger partial charge on any atom is -0.466 e. The summed E-state index contributed by atoms with van der Waals surface area (Å²) in [6.07, 6.45) is 1.01. The Morgan fingerprint density at radius 3 is 2.44 bits per heavy atom. The maximum Gasteiger partial charge on any atom is 0.332 e. The maximum atomic E-state index is 12.9. The summed E-state index contributed by atoms with van der Waals surface area (Å²) in [6.45, 7) is 0.212. The third-order valence-electron chi connectivity index (χ3n) is 2.76. The predicted molar refractivity (Wildman–Crippen MR) is 51.9 cm³/mol. The van der Waals surface area contributed by atoms with E-state index in [1.807, 2.05) is 0 Å². The Bertz CT molecular complexity index is 240. The van der Waals surface area contributed by atoms with Gasteiger partial charge in [0.05, 0.1) is 6.61 Å². The van der Waals surface area contributed by atoms with Crippen molar-refractivity contribution in [2.45, 2.75) is 25.8 Å². The SMILES string of the molecule is CC(=O)OCC1CCN(C(F)(F)CF)CC1. The van der Waals surface area contributed by atoms with Crippen LogP contribution in [0.4, 0.5) is 13.2 Å². The second kappa shape index (κ2) is 5.52. The minimum atomic E-state index is -3.35. The van der Waals surface area contributed by atoms with Gasteiger partial charge in [-0.15, -0.1) is 0 Å². The second-order valence-electron chi connectivity index (χ2n) is 4.03. The molecule has 16 heavy (non-hydrogen) atoms. The molecule has 0 aromatic carbocycles. The molecule has 3 nitrogen and oxygen atoms in total. The average molecular weight is 239 g/mol. The van der Waals surface area contributed by atoms with Gasteiger partial charge in [0.1, 0.15) is 0 Å². The number of rotatable bonds is 4. The summed E-state index contributed by atoms with van der Waals surface area (Å²) in [6, 6.07) is -3.35. The first-order valence-corrected chi connectivity index (χ1v) is 5.28. The van der Waals surface area contributed by atoms with Gasteiger partial charge in [-0.2, -0.15) is 8.78 Å². The number of hydrogen-bond donors (Lipinski definition) is 0. The molecule has 0 N–H and O–H groups in total. The van der Waals surface area contributed by atoms with Crippen LogP contribution in [0.1, 0.15) is 19.8 Å². The van der Waals surface area contributed by atoms with Gasteiger partial charge in [-0.1, -0.05) is 0 Å². The van der Waals surface area contributed by atoms with Crippen molar-refractivity contribution in [3.63, 3.8) is 0 Å². The molecular weight excluding hydrogens is 223 g/mol. The highest BCUT2D eigenvalue weighted by molar-refractivity contribution is 5.65. The number of carbonyl (C=O) groups is 1. The molecule has 0 radical (unpaired) electrons. The summed E-state index contributed by atoms with van der Waals surface area (Å²) in [5.74, 6) is -0.257. The lowest BCUT2D eigenvalue weighted by atomic mass is 9.97. The summed E-state index contributed by atoms with van der Waals surface area (Å²) < 4.78 is 42.7. The van der Waals surface area contributed by atoms with Crippen molar-refractivity contribution in [3.05, 3.63) is 0 Å². The lowest BCUT2D eigenvalue weighted by Gasteiger charge is -2.35. The quantitative estimate of drug-likeness (QED) is 0.553. The number of nitrogens with zero attached hydrogens (tertiary/aromatic N) is 1. The number of hydrogen-bond acceptors (Lipinski definition) is 3. The molecule has 0 spiro atoms. The van der Waals surface area contributed by atoms with E-state index in [4.69, 9.17) is 4.74 Å². The van der Waals surface area contributed by atoms with Gasteiger partial charge in [0.25, 0.3) is 0 Å². The van der Waals surface area contributed by atoms with Crippen LogP contribution in [0.3, 0.4) is 0 Å². The molecule has 94 valence electrons. The molecule has 1 fully saturated rings. The van der Waals surface area contributed by atoms with Crippen LogP contribution in [-0.4, -0.2) is 43.3 Å². The number of piperidine rings is 1. The molecule has 0 aliphatic carbocycles. The van der Waals surface area contributed by atoms with E-state index < -0.39 is 12.7 Å². The second-order valence-corrected chi connectivity index (χ2v) is 4.03. The first-order chi connectivity index (χ1) is 7.45. The maximum absolute atomic E-state index is 12.9. The summed E-state index contributed by atoms with van der Waals surface area (Å²) in [4.78, 5) is 11.4. The van der Waals surface area contributed by atoms with Crippen LogP contribution >= 0.6 is 0 Å². The van der Waals surface area contributed by atoms with E-state index in [1.165, 1.54) is 6.92 Å². The Balaban J connectivity index is 2.31. The van der Waals surface area contributed by atoms with Crippen LogP contribution < -0.4 is 0 Å². The average Bonchev–Trinajstić information content (AvgIpc) is 2.27. The fraction of sp³-hybridized carbons (Fsp3) is 0.900. The van der Waals surface area contributed by atoms with Gasteiger partial charge in [0, 0.05) is 20.0 Å². The summed E-state index contributed by atoms with van der Waals surface area (Å²) >= 11 is 0. The van der Waals surface area contributed by atoms with Crippen LogP contribution in [0.2, 0.25) is 0 Å². The number of alkyl halides is 3. The molecule has 0 aromatic heterocycles. The standard InChI is InChI=1S/C10H16F3NO2/c1-8(15)16-6-9-2-4-14(5-3-9)10(12,13)7-11/h9H,2-7H2,1H3. The molecule has 1 aliphatic heterocycles. The van der Waals surface area contributed by atoms with Gasteiger partial charge in [0.2, 0.25) is 0 Å². The van der Waals surface area contributed by atoms with Crippen molar-refractivity contribution in [2.75, 3.05) is 26.4 Å². The zero-order valence-electron chi connectivity index (χ0n) is 9.22. The molecule has 1 heterocycles. The van der Waals surface area contributed by atoms with Crippen molar-refractivity contribution < 1.29 is 22.7 Å². The topological polar surface area (TPSA) is 29.5 Å². The predicted octanol–water partition coefficient (Wildman–Crippen LogP) is 1.82. The highest BCUT2D eigenvalue weighted by Crippen LogP contribution is 2.27. The Kier molecular flexibility index (Phi) is 4.58. The molecule has 0 atom stereocenters. The molecule has 1 rings (SSSR count). The van der Waals surface area contributed by atoms with Gasteiger partial charge >= 0.3 is 12.0 Å². The Morgan fingerprint density at radius 1 is 1.44 bits per heavy atom. The van der Waals surface area contributed by atoms with E-state index in [1.54, 1.807) is 0 Å². The Morgan fingerprint density at radius 2 is 2.00 bits per heavy atom. The van der Waals surface area contributed by atoms with Gasteiger partial charge in [-0.3, -0.25) is 4.79 Å². The van der Waals surface area contributed by atoms with Crippen molar-refractivity contribution in [2.24, 2.45) is 5.92 Å². The third kappa shape index (κ3) is 3.66. The molecule has 1 saturated heterocycles. The van der Waals surface area contributed by atoms with Crippen LogP contribution in [0.15, 0.2) is 0 Å². The van der Waals surface area contributed by atoms with E-state index in [0.717, 1.165) is 4.90 Å². The molecule has 0 saturated carbocycles. The fourth-order valence-corrected chi connectivity index (χ4v) is 1.75. The molecule has 6 heteroatoms. The molecular formula is C10H16F3NO2. The molecule has 1 aliphatic rings. The first-order valence-electron chi connectivity index (χ1n) is 5.28. The van der Waals surface area contributed by atoms with Crippen LogP contribution in [0.25, 0.3) is 0 Å². The molecule has 0 aromatic rings. The summed E-state index contributed by atoms with van der Waals surface area (Å²) in [7, 11) is 0. The van der Waals surface area contributed by atoms with Crippen LogP contribution in [-0.2, 0) is 9.53 Å². The van der Waals surface area contributed by atoms with Crippen LogP contribution in [0, 0.1) is 5.92 Å². The minimum absolute atomic E-state index is 0.107. The third-order valence-corrected chi connectivity index (χ3v) is 2.76. The molecule has 0 bridgehead atoms. The van der Waals surface area contributed by atoms with E-state index in [-0.39, 0.29) is 31.6 Å². The highest BCUT2D eigenvalue weighted by Gasteiger charge is 2.39. The van der Waals surface area contributed by atoms with Gasteiger partial charge < -0.3 is 4.74 Å². The van der Waals surface area contributed by atoms with E-state index >= 15 is 0 Å². The Labute approximate surface area is 92.5 Å². The zero-order valence-corrected chi connectivity index (χ0v) is 9.22. The fourth-order valence-electron chi connectivity index (χ4n) is 1.75. The van der Waals surface area contributed by atoms with E-state index in [9.17, 15) is 18.0 Å². The lowest BCUT2D eigenvalue weighted by molar-refractivity contribution is -0.170. The van der Waals surface area contributed by atoms with Crippen molar-refractivity contribution in [1.29, 1.82) is 0 Å². The van der Waals surface area contributed by atoms with Crippen molar-refractivity contribution in [3.8, 4) is 0 Å². The normalized spacial score (nSPS) is 19.8. The monoisotopic (exact) mass is 239 g/mol. The summed E-state index contributed by atoms with van der Waals surface area (Å²) in [5, 5.41) is 0. The van der Waals surface area contributed by atoms with Crippen LogP contribution in [0.5, 0.6) is 0 Å². The van der Waals surface area contributed by atoms with Crippen molar-refractivity contribution in [1.82, 2.24) is 4.90 Å². The molecule has 0 unspecified atom stereocenters. The van der Waals surface area contributed by atoms with Gasteiger partial charge in [-0.25, -0.2) is 9.29 Å². The number of ether oxygens (including phenoxy) is 1. The number of esters is 1. The largest absolute Gasteiger partial charge is 0.466 e. The van der Waals surface area contributed by atoms with Crippen molar-refractivity contribution >= 4 is 5.97 Å². The first kappa shape index (κ1) is 13.3. The van der Waals surface area contributed by atoms with E-state index in [2.05, 4.69) is 0 Å².